The number of anilines is 1. The number of halogens is 3. The summed E-state index contributed by atoms with van der Waals surface area (Å²) in [4.78, 5) is 8.91. The number of fused-ring (bicyclic) bond motifs is 1. The van der Waals surface area contributed by atoms with Crippen LogP contribution in [0.15, 0.2) is 43.0 Å². The van der Waals surface area contributed by atoms with Crippen molar-refractivity contribution < 1.29 is 13.2 Å². The molecule has 27 heavy (non-hydrogen) atoms. The fourth-order valence-electron chi connectivity index (χ4n) is 3.37. The smallest absolute Gasteiger partial charge is 0.352 e. The first-order valence-corrected chi connectivity index (χ1v) is 8.78. The molecule has 1 saturated heterocycles. The molecule has 1 aliphatic rings. The quantitative estimate of drug-likeness (QED) is 0.704. The molecule has 0 bridgehead atoms. The van der Waals surface area contributed by atoms with Crippen LogP contribution < -0.4 is 4.90 Å². The Balaban J connectivity index is 1.42. The van der Waals surface area contributed by atoms with E-state index in [0.29, 0.717) is 6.54 Å². The zero-order chi connectivity index (χ0) is 18.9. The van der Waals surface area contributed by atoms with Gasteiger partial charge in [-0.05, 0) is 24.1 Å². The summed E-state index contributed by atoms with van der Waals surface area (Å²) in [5.41, 5.74) is 1.00. The van der Waals surface area contributed by atoms with Crippen LogP contribution in [0.4, 0.5) is 19.0 Å². The van der Waals surface area contributed by atoms with Gasteiger partial charge in [-0.25, -0.2) is 4.98 Å². The molecule has 3 aromatic rings. The van der Waals surface area contributed by atoms with Crippen molar-refractivity contribution in [3.05, 3.63) is 54.1 Å². The summed E-state index contributed by atoms with van der Waals surface area (Å²) >= 11 is 0. The zero-order valence-electron chi connectivity index (χ0n) is 14.6. The van der Waals surface area contributed by atoms with E-state index in [1.165, 1.54) is 0 Å². The van der Waals surface area contributed by atoms with Gasteiger partial charge in [0.1, 0.15) is 6.33 Å². The number of nitrogens with zero attached hydrogens (tertiary/aromatic N) is 6. The molecule has 1 aliphatic heterocycles. The van der Waals surface area contributed by atoms with Gasteiger partial charge in [0.05, 0.1) is 5.56 Å². The van der Waals surface area contributed by atoms with Gasteiger partial charge in [-0.1, -0.05) is 12.1 Å². The molecule has 1 fully saturated rings. The Bertz CT molecular complexity index is 905. The Labute approximate surface area is 154 Å². The molecule has 0 spiro atoms. The molecular formula is C18H19F3N6. The highest BCUT2D eigenvalue weighted by atomic mass is 19.4. The van der Waals surface area contributed by atoms with Crippen molar-refractivity contribution in [3.63, 3.8) is 0 Å². The maximum Gasteiger partial charge on any atom is 0.416 e. The monoisotopic (exact) mass is 376 g/mol. The molecule has 1 aromatic carbocycles. The standard InChI is InChI=1S/C18H19F3N6/c19-18(20,21)15-4-2-14(3-5-15)12-25-7-1-8-26(11-10-25)16-17-24-23-13-27(17)9-6-22-16/h2-6,9,13H,1,7-8,10-12H2. The lowest BCUT2D eigenvalue weighted by atomic mass is 10.1. The van der Waals surface area contributed by atoms with Crippen molar-refractivity contribution >= 4 is 11.5 Å². The maximum absolute atomic E-state index is 12.7. The second kappa shape index (κ2) is 7.15. The number of aromatic nitrogens is 4. The minimum absolute atomic E-state index is 0.610. The van der Waals surface area contributed by atoms with Crippen LogP contribution in [0.25, 0.3) is 5.65 Å². The van der Waals surface area contributed by atoms with Crippen molar-refractivity contribution in [1.82, 2.24) is 24.5 Å². The molecule has 142 valence electrons. The van der Waals surface area contributed by atoms with E-state index in [0.717, 1.165) is 61.8 Å². The van der Waals surface area contributed by atoms with Crippen LogP contribution in [0, 0.1) is 0 Å². The first-order chi connectivity index (χ1) is 13.0. The zero-order valence-corrected chi connectivity index (χ0v) is 14.6. The molecule has 0 saturated carbocycles. The van der Waals surface area contributed by atoms with Crippen LogP contribution in [0.5, 0.6) is 0 Å². The Hall–Kier alpha value is -2.68. The van der Waals surface area contributed by atoms with Gasteiger partial charge < -0.3 is 4.90 Å². The number of hydrogen-bond donors (Lipinski definition) is 0. The van der Waals surface area contributed by atoms with E-state index in [1.807, 2.05) is 10.6 Å². The van der Waals surface area contributed by atoms with Gasteiger partial charge in [0.15, 0.2) is 5.82 Å². The van der Waals surface area contributed by atoms with Crippen molar-refractivity contribution in [1.29, 1.82) is 0 Å². The third kappa shape index (κ3) is 3.87. The van der Waals surface area contributed by atoms with Crippen LogP contribution >= 0.6 is 0 Å². The van der Waals surface area contributed by atoms with E-state index in [1.54, 1.807) is 24.7 Å². The molecular weight excluding hydrogens is 357 g/mol. The highest BCUT2D eigenvalue weighted by Crippen LogP contribution is 2.29. The predicted molar refractivity (Wildman–Crippen MR) is 94.3 cm³/mol. The fourth-order valence-corrected chi connectivity index (χ4v) is 3.37. The van der Waals surface area contributed by atoms with Gasteiger partial charge in [0.2, 0.25) is 5.65 Å². The van der Waals surface area contributed by atoms with Gasteiger partial charge in [-0.2, -0.15) is 13.2 Å². The SMILES string of the molecule is FC(F)(F)c1ccc(CN2CCCN(c3nccn4cnnc34)CC2)cc1. The van der Waals surface area contributed by atoms with Gasteiger partial charge in [-0.15, -0.1) is 10.2 Å². The van der Waals surface area contributed by atoms with Crippen molar-refractivity contribution in [2.24, 2.45) is 0 Å². The normalized spacial score (nSPS) is 16.6. The molecule has 0 atom stereocenters. The third-order valence-electron chi connectivity index (χ3n) is 4.77. The van der Waals surface area contributed by atoms with Gasteiger partial charge >= 0.3 is 6.18 Å². The number of rotatable bonds is 3. The van der Waals surface area contributed by atoms with Crippen molar-refractivity contribution in [2.75, 3.05) is 31.1 Å². The molecule has 0 aliphatic carbocycles. The van der Waals surface area contributed by atoms with E-state index < -0.39 is 11.7 Å². The second-order valence-electron chi connectivity index (χ2n) is 6.62. The first kappa shape index (κ1) is 17.7. The van der Waals surface area contributed by atoms with Crippen LogP contribution in [-0.2, 0) is 12.7 Å². The first-order valence-electron chi connectivity index (χ1n) is 8.78. The summed E-state index contributed by atoms with van der Waals surface area (Å²) in [5, 5.41) is 8.07. The summed E-state index contributed by atoms with van der Waals surface area (Å²) in [7, 11) is 0. The topological polar surface area (TPSA) is 49.6 Å². The summed E-state index contributed by atoms with van der Waals surface area (Å²) in [6.45, 7) is 3.95. The van der Waals surface area contributed by atoms with Gasteiger partial charge in [0.25, 0.3) is 0 Å². The minimum atomic E-state index is -4.29. The lowest BCUT2D eigenvalue weighted by molar-refractivity contribution is -0.137. The lowest BCUT2D eigenvalue weighted by Gasteiger charge is -2.23. The van der Waals surface area contributed by atoms with E-state index in [-0.39, 0.29) is 0 Å². The van der Waals surface area contributed by atoms with Crippen LogP contribution in [0.3, 0.4) is 0 Å². The fraction of sp³-hybridized carbons (Fsp3) is 0.389. The molecule has 0 radical (unpaired) electrons. The lowest BCUT2D eigenvalue weighted by Crippen LogP contribution is -2.31. The molecule has 9 heteroatoms. The molecule has 0 unspecified atom stereocenters. The molecule has 3 heterocycles. The molecule has 6 nitrogen and oxygen atoms in total. The number of alkyl halides is 3. The highest BCUT2D eigenvalue weighted by molar-refractivity contribution is 5.63. The number of hydrogen-bond acceptors (Lipinski definition) is 5. The van der Waals surface area contributed by atoms with Crippen molar-refractivity contribution in [3.8, 4) is 0 Å². The minimum Gasteiger partial charge on any atom is -0.352 e. The Morgan fingerprint density at radius 2 is 1.81 bits per heavy atom. The van der Waals surface area contributed by atoms with Crippen LogP contribution in [0.2, 0.25) is 0 Å². The third-order valence-corrected chi connectivity index (χ3v) is 4.77. The summed E-state index contributed by atoms with van der Waals surface area (Å²) in [5.74, 6) is 0.811. The Kier molecular flexibility index (Phi) is 4.69. The van der Waals surface area contributed by atoms with Crippen molar-refractivity contribution in [2.45, 2.75) is 19.1 Å². The second-order valence-corrected chi connectivity index (χ2v) is 6.62. The predicted octanol–water partition coefficient (Wildman–Crippen LogP) is 2.86. The molecule has 4 rings (SSSR count). The molecule has 0 amide bonds. The van der Waals surface area contributed by atoms with Gasteiger partial charge in [-0.3, -0.25) is 9.30 Å². The van der Waals surface area contributed by atoms with E-state index in [2.05, 4.69) is 25.0 Å². The average Bonchev–Trinajstić information content (AvgIpc) is 3.01. The maximum atomic E-state index is 12.7. The Morgan fingerprint density at radius 3 is 2.59 bits per heavy atom. The summed E-state index contributed by atoms with van der Waals surface area (Å²) < 4.78 is 39.9. The summed E-state index contributed by atoms with van der Waals surface area (Å²) in [6, 6.07) is 5.42. The van der Waals surface area contributed by atoms with E-state index >= 15 is 0 Å². The number of benzene rings is 1. The average molecular weight is 376 g/mol. The summed E-state index contributed by atoms with van der Waals surface area (Å²) in [6.07, 6.45) is 1.84. The van der Waals surface area contributed by atoms with Gasteiger partial charge in [0, 0.05) is 45.1 Å². The van der Waals surface area contributed by atoms with E-state index in [9.17, 15) is 13.2 Å². The highest BCUT2D eigenvalue weighted by Gasteiger charge is 2.30. The van der Waals surface area contributed by atoms with Crippen LogP contribution in [0.1, 0.15) is 17.5 Å². The van der Waals surface area contributed by atoms with E-state index in [4.69, 9.17) is 0 Å². The largest absolute Gasteiger partial charge is 0.416 e. The van der Waals surface area contributed by atoms with Crippen LogP contribution in [-0.4, -0.2) is 50.7 Å². The molecule has 0 N–H and O–H groups in total. The molecule has 2 aromatic heterocycles. The Morgan fingerprint density at radius 1 is 1.00 bits per heavy atom.